The molecular formula is C5H19P. The van der Waals surface area contributed by atoms with Crippen LogP contribution in [0.15, 0.2) is 0 Å². The lowest BCUT2D eigenvalue weighted by Gasteiger charge is -1.50. The van der Waals surface area contributed by atoms with Crippen molar-refractivity contribution in [3.8, 4) is 0 Å². The molecule has 6 heavy (non-hydrogen) atoms. The highest BCUT2D eigenvalue weighted by Crippen LogP contribution is 1.84. The smallest absolute Gasteiger partial charge is 0.0475 e. The van der Waals surface area contributed by atoms with Crippen molar-refractivity contribution in [2.75, 3.05) is 13.3 Å². The van der Waals surface area contributed by atoms with Crippen molar-refractivity contribution < 1.29 is 0 Å². The summed E-state index contributed by atoms with van der Waals surface area (Å²) in [7, 11) is 1.08. The first-order valence-corrected chi connectivity index (χ1v) is 3.00. The molecule has 1 heteroatoms. The molecular weight excluding hydrogens is 91.0 g/mol. The average molecular weight is 110 g/mol. The Hall–Kier alpha value is 0.430. The van der Waals surface area contributed by atoms with Gasteiger partial charge in [0.2, 0.25) is 0 Å². The third-order valence-electron chi connectivity index (χ3n) is 0. The van der Waals surface area contributed by atoms with Gasteiger partial charge in [-0.2, -0.15) is 0 Å². The second-order valence-corrected chi connectivity index (χ2v) is 1.50. The molecule has 0 atom stereocenters. The van der Waals surface area contributed by atoms with Crippen LogP contribution >= 0.6 is 8.58 Å². The van der Waals surface area contributed by atoms with Gasteiger partial charge in [0.05, 0.1) is 0 Å². The lowest BCUT2D eigenvalue weighted by Crippen LogP contribution is -1.18. The van der Waals surface area contributed by atoms with E-state index < -0.39 is 0 Å². The molecule has 0 aliphatic rings. The Labute approximate surface area is 45.1 Å². The maximum absolute atomic E-state index is 2.15. The molecule has 0 aliphatic carbocycles. The second kappa shape index (κ2) is 52.1. The van der Waals surface area contributed by atoms with Gasteiger partial charge < -0.3 is 0 Å². The Balaban J connectivity index is -0.00000000667. The van der Waals surface area contributed by atoms with E-state index >= 15 is 0 Å². The maximum Gasteiger partial charge on any atom is -0.0475 e. The van der Waals surface area contributed by atoms with Crippen molar-refractivity contribution in [2.45, 2.75) is 22.3 Å². The highest BCUT2D eigenvalue weighted by atomic mass is 31.1. The van der Waals surface area contributed by atoms with Gasteiger partial charge in [-0.05, 0) is 13.3 Å². The van der Waals surface area contributed by atoms with E-state index in [4.69, 9.17) is 0 Å². The van der Waals surface area contributed by atoms with Crippen LogP contribution in [-0.2, 0) is 0 Å². The summed E-state index contributed by atoms with van der Waals surface area (Å²) in [6, 6.07) is 0. The van der Waals surface area contributed by atoms with Crippen LogP contribution in [0, 0.1) is 0 Å². The summed E-state index contributed by atoms with van der Waals surface area (Å²) >= 11 is 0. The molecule has 0 saturated heterocycles. The summed E-state index contributed by atoms with van der Waals surface area (Å²) < 4.78 is 0. The molecule has 0 radical (unpaired) electrons. The topological polar surface area (TPSA) is 0 Å². The summed E-state index contributed by atoms with van der Waals surface area (Å²) in [5.74, 6) is 0. The van der Waals surface area contributed by atoms with E-state index in [9.17, 15) is 0 Å². The molecule has 0 nitrogen and oxygen atoms in total. The molecule has 0 unspecified atom stereocenters. The monoisotopic (exact) mass is 110 g/mol. The highest BCUT2D eigenvalue weighted by Gasteiger charge is 1.33. The molecule has 0 fully saturated rings. The first-order valence-electron chi connectivity index (χ1n) is 1.00. The van der Waals surface area contributed by atoms with Gasteiger partial charge in [-0.15, -0.1) is 8.58 Å². The van der Waals surface area contributed by atoms with E-state index in [2.05, 4.69) is 13.3 Å². The molecule has 0 aromatic heterocycles. The van der Waals surface area contributed by atoms with Crippen molar-refractivity contribution >= 4 is 8.58 Å². The van der Waals surface area contributed by atoms with Crippen LogP contribution in [-0.4, -0.2) is 13.3 Å². The molecule has 0 amide bonds. The van der Waals surface area contributed by atoms with E-state index in [1.165, 1.54) is 0 Å². The van der Waals surface area contributed by atoms with Gasteiger partial charge >= 0.3 is 0 Å². The molecule has 0 aromatic rings. The Morgan fingerprint density at radius 2 is 0.833 bits per heavy atom. The van der Waals surface area contributed by atoms with E-state index in [1.54, 1.807) is 0 Å². The summed E-state index contributed by atoms with van der Waals surface area (Å²) in [5, 5.41) is 0. The number of hydrogen-bond acceptors (Lipinski definition) is 0. The minimum Gasteiger partial charge on any atom is -0.129 e. The largest absolute Gasteiger partial charge is 0.129 e. The Morgan fingerprint density at radius 3 is 0.833 bits per heavy atom. The van der Waals surface area contributed by atoms with Crippen LogP contribution in [0.3, 0.4) is 0 Å². The zero-order valence-corrected chi connectivity index (χ0v) is 3.50. The van der Waals surface area contributed by atoms with Crippen LogP contribution < -0.4 is 0 Å². The van der Waals surface area contributed by atoms with Gasteiger partial charge in [0.25, 0.3) is 0 Å². The Kier molecular flexibility index (Phi) is 279. The zero-order chi connectivity index (χ0) is 2.71. The molecule has 0 saturated carbocycles. The SMILES string of the molecule is C.C.C.CPC. The minimum absolute atomic E-state index is 0. The van der Waals surface area contributed by atoms with E-state index in [1.807, 2.05) is 0 Å². The Bertz CT molecular complexity index is 3.90. The van der Waals surface area contributed by atoms with Gasteiger partial charge in [-0.3, -0.25) is 0 Å². The third kappa shape index (κ3) is 282. The number of hydrogen-bond donors (Lipinski definition) is 0. The first kappa shape index (κ1) is 32.1. The van der Waals surface area contributed by atoms with Crippen molar-refractivity contribution in [2.24, 2.45) is 0 Å². The number of rotatable bonds is 0. The second-order valence-electron chi connectivity index (χ2n) is 0.500. The van der Waals surface area contributed by atoms with Gasteiger partial charge in [-0.25, -0.2) is 0 Å². The first-order chi connectivity index (χ1) is 1.41. The van der Waals surface area contributed by atoms with Crippen molar-refractivity contribution in [1.29, 1.82) is 0 Å². The van der Waals surface area contributed by atoms with Gasteiger partial charge in [0.1, 0.15) is 0 Å². The van der Waals surface area contributed by atoms with Crippen molar-refractivity contribution in [1.82, 2.24) is 0 Å². The van der Waals surface area contributed by atoms with E-state index in [-0.39, 0.29) is 22.3 Å². The average Bonchev–Trinajstić information content (AvgIpc) is 0.918. The summed E-state index contributed by atoms with van der Waals surface area (Å²) in [6.07, 6.45) is 0. The fourth-order valence-corrected chi connectivity index (χ4v) is 0. The lowest BCUT2D eigenvalue weighted by atomic mass is 11.9. The van der Waals surface area contributed by atoms with E-state index in [0.29, 0.717) is 0 Å². The predicted molar refractivity (Wildman–Crippen MR) is 40.4 cm³/mol. The fraction of sp³-hybridized carbons (Fsp3) is 1.00. The van der Waals surface area contributed by atoms with Crippen LogP contribution in [0.2, 0.25) is 0 Å². The van der Waals surface area contributed by atoms with Crippen LogP contribution in [0.1, 0.15) is 22.3 Å². The van der Waals surface area contributed by atoms with Crippen molar-refractivity contribution in [3.05, 3.63) is 0 Å². The molecule has 44 valence electrons. The fourth-order valence-electron chi connectivity index (χ4n) is 0. The standard InChI is InChI=1S/C2H7P.3CH4/c1-3-2;;;/h3H,1-2H3;3*1H4. The third-order valence-corrected chi connectivity index (χ3v) is 0. The summed E-state index contributed by atoms with van der Waals surface area (Å²) in [6.45, 7) is 4.31. The summed E-state index contributed by atoms with van der Waals surface area (Å²) in [4.78, 5) is 0. The molecule has 0 spiro atoms. The molecule has 0 bridgehead atoms. The molecule has 0 aliphatic heterocycles. The quantitative estimate of drug-likeness (QED) is 0.420. The van der Waals surface area contributed by atoms with Gasteiger partial charge in [0, 0.05) is 0 Å². The Morgan fingerprint density at radius 1 is 0.833 bits per heavy atom. The summed E-state index contributed by atoms with van der Waals surface area (Å²) in [5.41, 5.74) is 0. The zero-order valence-electron chi connectivity index (χ0n) is 2.50. The van der Waals surface area contributed by atoms with Gasteiger partial charge in [-0.1, -0.05) is 22.3 Å². The maximum atomic E-state index is 2.15. The highest BCUT2D eigenvalue weighted by molar-refractivity contribution is 7.35. The molecule has 0 heterocycles. The van der Waals surface area contributed by atoms with Gasteiger partial charge in [0.15, 0.2) is 0 Å². The predicted octanol–water partition coefficient (Wildman–Crippen LogP) is 2.83. The lowest BCUT2D eigenvalue weighted by molar-refractivity contribution is 2.32. The normalized spacial score (nSPS) is 3.00. The minimum atomic E-state index is 0. The van der Waals surface area contributed by atoms with Crippen molar-refractivity contribution in [3.63, 3.8) is 0 Å². The molecule has 0 aromatic carbocycles. The van der Waals surface area contributed by atoms with Crippen LogP contribution in [0.25, 0.3) is 0 Å². The molecule has 0 rings (SSSR count). The van der Waals surface area contributed by atoms with Crippen LogP contribution in [0.5, 0.6) is 0 Å². The molecule has 0 N–H and O–H groups in total. The van der Waals surface area contributed by atoms with Crippen LogP contribution in [0.4, 0.5) is 0 Å². The van der Waals surface area contributed by atoms with E-state index in [0.717, 1.165) is 8.58 Å².